The molecule has 10 heteroatoms. The molecular weight excluding hydrogens is 435 g/mol. The first kappa shape index (κ1) is 17.8. The van der Waals surface area contributed by atoms with Gasteiger partial charge in [-0.25, -0.2) is 4.39 Å². The molecule has 3 aromatic heterocycles. The van der Waals surface area contributed by atoms with Crippen molar-refractivity contribution in [3.63, 3.8) is 0 Å². The number of pyridine rings is 1. The minimum Gasteiger partial charge on any atom is -0.334 e. The number of benzene rings is 1. The third-order valence-corrected chi connectivity index (χ3v) is 5.20. The molecule has 4 rings (SSSR count). The number of halogens is 2. The fourth-order valence-corrected chi connectivity index (χ4v) is 3.49. The molecule has 7 nitrogen and oxygen atoms in total. The molecule has 1 aromatic carbocycles. The van der Waals surface area contributed by atoms with Crippen molar-refractivity contribution in [2.75, 3.05) is 0 Å². The van der Waals surface area contributed by atoms with Crippen LogP contribution in [-0.4, -0.2) is 29.9 Å². The first-order valence-corrected chi connectivity index (χ1v) is 9.61. The fourth-order valence-electron chi connectivity index (χ4n) is 2.37. The van der Waals surface area contributed by atoms with E-state index >= 15 is 0 Å². The molecule has 0 bridgehead atoms. The zero-order valence-electron chi connectivity index (χ0n) is 14.0. The molecule has 0 aliphatic heterocycles. The van der Waals surface area contributed by atoms with Crippen molar-refractivity contribution >= 4 is 27.7 Å². The summed E-state index contributed by atoms with van der Waals surface area (Å²) in [5.74, 6) is 1.23. The molecule has 136 valence electrons. The minimum atomic E-state index is -0.422. The van der Waals surface area contributed by atoms with Crippen molar-refractivity contribution in [2.45, 2.75) is 10.9 Å². The molecule has 0 aliphatic carbocycles. The molecule has 0 unspecified atom stereocenters. The third kappa shape index (κ3) is 3.76. The molecule has 0 aliphatic rings. The zero-order chi connectivity index (χ0) is 18.8. The Kier molecular flexibility index (Phi) is 4.99. The van der Waals surface area contributed by atoms with Crippen LogP contribution in [0.25, 0.3) is 23.0 Å². The molecule has 0 N–H and O–H groups in total. The van der Waals surface area contributed by atoms with Gasteiger partial charge in [-0.05, 0) is 30.3 Å². The van der Waals surface area contributed by atoms with Gasteiger partial charge in [0.2, 0.25) is 0 Å². The number of rotatable bonds is 5. The molecule has 4 aromatic rings. The van der Waals surface area contributed by atoms with Crippen LogP contribution in [0.5, 0.6) is 0 Å². The van der Waals surface area contributed by atoms with Crippen molar-refractivity contribution in [2.24, 2.45) is 7.05 Å². The lowest BCUT2D eigenvalue weighted by atomic mass is 10.2. The monoisotopic (exact) mass is 446 g/mol. The Hall–Kier alpha value is -2.59. The van der Waals surface area contributed by atoms with E-state index in [-0.39, 0.29) is 11.5 Å². The van der Waals surface area contributed by atoms with E-state index in [1.165, 1.54) is 17.8 Å². The average molecular weight is 447 g/mol. The summed E-state index contributed by atoms with van der Waals surface area (Å²) in [5.41, 5.74) is 0.996. The summed E-state index contributed by atoms with van der Waals surface area (Å²) in [4.78, 5) is 8.54. The molecule has 0 fully saturated rings. The molecule has 0 radical (unpaired) electrons. The van der Waals surface area contributed by atoms with Crippen LogP contribution in [0.4, 0.5) is 4.39 Å². The maximum Gasteiger partial charge on any atom is 0.260 e. The van der Waals surface area contributed by atoms with E-state index in [4.69, 9.17) is 4.52 Å². The Balaban J connectivity index is 1.50. The molecule has 0 saturated carbocycles. The highest BCUT2D eigenvalue weighted by Crippen LogP contribution is 2.27. The Bertz CT molecular complexity index is 1080. The van der Waals surface area contributed by atoms with Crippen molar-refractivity contribution in [3.05, 3.63) is 58.7 Å². The Labute approximate surface area is 166 Å². The standard InChI is InChI=1S/C17H12BrFN6OS/c1-25-15(13-4-2-3-7-20-13)22-23-17(25)27-9-14-21-16(26-24-14)11-8-10(18)5-6-12(11)19/h2-8H,9H2,1H3. The highest BCUT2D eigenvalue weighted by molar-refractivity contribution is 9.10. The predicted octanol–water partition coefficient (Wildman–Crippen LogP) is 4.12. The summed E-state index contributed by atoms with van der Waals surface area (Å²) in [5, 5.41) is 13.0. The van der Waals surface area contributed by atoms with Gasteiger partial charge in [0.05, 0.1) is 11.3 Å². The molecule has 0 amide bonds. The Morgan fingerprint density at radius 1 is 1.22 bits per heavy atom. The van der Waals surface area contributed by atoms with Crippen LogP contribution in [0.3, 0.4) is 0 Å². The van der Waals surface area contributed by atoms with Crippen LogP contribution in [0, 0.1) is 5.82 Å². The summed E-state index contributed by atoms with van der Waals surface area (Å²) in [6.45, 7) is 0. The molecule has 27 heavy (non-hydrogen) atoms. The topological polar surface area (TPSA) is 82.5 Å². The van der Waals surface area contributed by atoms with Gasteiger partial charge in [0.25, 0.3) is 5.89 Å². The van der Waals surface area contributed by atoms with Gasteiger partial charge in [-0.2, -0.15) is 4.98 Å². The second-order valence-corrected chi connectivity index (χ2v) is 7.37. The molecule has 0 atom stereocenters. The van der Waals surface area contributed by atoms with E-state index in [2.05, 4.69) is 41.3 Å². The number of thioether (sulfide) groups is 1. The maximum absolute atomic E-state index is 14.0. The van der Waals surface area contributed by atoms with Crippen LogP contribution in [-0.2, 0) is 12.8 Å². The highest BCUT2D eigenvalue weighted by atomic mass is 79.9. The first-order valence-electron chi connectivity index (χ1n) is 7.83. The van der Waals surface area contributed by atoms with Gasteiger partial charge in [0.15, 0.2) is 16.8 Å². The van der Waals surface area contributed by atoms with Crippen molar-refractivity contribution in [3.8, 4) is 23.0 Å². The lowest BCUT2D eigenvalue weighted by Crippen LogP contribution is -1.96. The Morgan fingerprint density at radius 2 is 2.11 bits per heavy atom. The largest absolute Gasteiger partial charge is 0.334 e. The Morgan fingerprint density at radius 3 is 2.93 bits per heavy atom. The van der Waals surface area contributed by atoms with E-state index in [0.717, 1.165) is 10.2 Å². The van der Waals surface area contributed by atoms with Gasteiger partial charge >= 0.3 is 0 Å². The van der Waals surface area contributed by atoms with Gasteiger partial charge in [-0.15, -0.1) is 10.2 Å². The predicted molar refractivity (Wildman–Crippen MR) is 101 cm³/mol. The normalized spacial score (nSPS) is 11.1. The number of hydrogen-bond donors (Lipinski definition) is 0. The van der Waals surface area contributed by atoms with E-state index in [0.29, 0.717) is 22.6 Å². The van der Waals surface area contributed by atoms with Crippen LogP contribution >= 0.6 is 27.7 Å². The zero-order valence-corrected chi connectivity index (χ0v) is 16.4. The fraction of sp³-hybridized carbons (Fsp3) is 0.118. The van der Waals surface area contributed by atoms with E-state index in [1.807, 2.05) is 29.8 Å². The molecule has 3 heterocycles. The van der Waals surface area contributed by atoms with Gasteiger partial charge in [0, 0.05) is 17.7 Å². The molecular formula is C17H12BrFN6OS. The van der Waals surface area contributed by atoms with Gasteiger partial charge in [-0.1, -0.05) is 38.9 Å². The van der Waals surface area contributed by atoms with Crippen LogP contribution < -0.4 is 0 Å². The van der Waals surface area contributed by atoms with Crippen molar-refractivity contribution in [1.29, 1.82) is 0 Å². The lowest BCUT2D eigenvalue weighted by molar-refractivity contribution is 0.422. The molecule has 0 spiro atoms. The van der Waals surface area contributed by atoms with Gasteiger partial charge in [-0.3, -0.25) is 4.98 Å². The number of nitrogens with zero attached hydrogens (tertiary/aromatic N) is 6. The smallest absolute Gasteiger partial charge is 0.260 e. The number of aromatic nitrogens is 6. The summed E-state index contributed by atoms with van der Waals surface area (Å²) in [6.07, 6.45) is 1.71. The van der Waals surface area contributed by atoms with E-state index in [9.17, 15) is 4.39 Å². The summed E-state index contributed by atoms with van der Waals surface area (Å²) in [6, 6.07) is 10.2. The number of hydrogen-bond acceptors (Lipinski definition) is 7. The quantitative estimate of drug-likeness (QED) is 0.426. The van der Waals surface area contributed by atoms with E-state index < -0.39 is 5.82 Å². The van der Waals surface area contributed by atoms with Gasteiger partial charge in [0.1, 0.15) is 11.5 Å². The van der Waals surface area contributed by atoms with Gasteiger partial charge < -0.3 is 9.09 Å². The van der Waals surface area contributed by atoms with Crippen LogP contribution in [0.2, 0.25) is 0 Å². The summed E-state index contributed by atoms with van der Waals surface area (Å²) in [7, 11) is 1.87. The maximum atomic E-state index is 14.0. The summed E-state index contributed by atoms with van der Waals surface area (Å²) < 4.78 is 21.7. The minimum absolute atomic E-state index is 0.136. The SMILES string of the molecule is Cn1c(SCc2noc(-c3cc(Br)ccc3F)n2)nnc1-c1ccccn1. The van der Waals surface area contributed by atoms with Crippen molar-refractivity contribution in [1.82, 2.24) is 29.9 Å². The highest BCUT2D eigenvalue weighted by Gasteiger charge is 2.16. The first-order chi connectivity index (χ1) is 13.1. The second-order valence-electron chi connectivity index (χ2n) is 5.51. The average Bonchev–Trinajstić information content (AvgIpc) is 3.29. The van der Waals surface area contributed by atoms with Crippen LogP contribution in [0.1, 0.15) is 5.82 Å². The van der Waals surface area contributed by atoms with E-state index in [1.54, 1.807) is 18.3 Å². The lowest BCUT2D eigenvalue weighted by Gasteiger charge is -2.01. The molecule has 0 saturated heterocycles. The van der Waals surface area contributed by atoms with Crippen molar-refractivity contribution < 1.29 is 8.91 Å². The third-order valence-electron chi connectivity index (χ3n) is 3.69. The van der Waals surface area contributed by atoms with Crippen LogP contribution in [0.15, 0.2) is 56.7 Å². The summed E-state index contributed by atoms with van der Waals surface area (Å²) >= 11 is 4.71. The second kappa shape index (κ2) is 7.57.